The highest BCUT2D eigenvalue weighted by molar-refractivity contribution is 9.08. The maximum absolute atomic E-state index is 11.7. The van der Waals surface area contributed by atoms with Crippen molar-refractivity contribution in [1.29, 1.82) is 0 Å². The van der Waals surface area contributed by atoms with Gasteiger partial charge in [-0.1, -0.05) is 35.0 Å². The van der Waals surface area contributed by atoms with E-state index >= 15 is 0 Å². The Labute approximate surface area is 109 Å². The molecule has 16 heavy (non-hydrogen) atoms. The van der Waals surface area contributed by atoms with E-state index in [0.717, 1.165) is 28.9 Å². The standard InChI is InChI=1S/C12H16BrNOS/c1-2-16-8-7-14-12(15)11-5-3-10(9-13)4-6-11/h3-6H,2,7-9H2,1H3,(H,14,15). The molecule has 0 heterocycles. The molecule has 1 aromatic carbocycles. The normalized spacial score (nSPS) is 10.1. The summed E-state index contributed by atoms with van der Waals surface area (Å²) in [6.07, 6.45) is 0. The van der Waals surface area contributed by atoms with Gasteiger partial charge in [-0.3, -0.25) is 4.79 Å². The van der Waals surface area contributed by atoms with Crippen molar-refractivity contribution in [3.63, 3.8) is 0 Å². The van der Waals surface area contributed by atoms with Crippen molar-refractivity contribution in [3.05, 3.63) is 35.4 Å². The Balaban J connectivity index is 2.40. The molecule has 0 unspecified atom stereocenters. The molecule has 0 radical (unpaired) electrons. The van der Waals surface area contributed by atoms with Crippen molar-refractivity contribution >= 4 is 33.6 Å². The third kappa shape index (κ3) is 4.58. The third-order valence-corrected chi connectivity index (χ3v) is 3.66. The predicted octanol–water partition coefficient (Wildman–Crippen LogP) is 3.06. The number of carbonyl (C=O) groups is 1. The van der Waals surface area contributed by atoms with Gasteiger partial charge in [-0.25, -0.2) is 0 Å². The fourth-order valence-corrected chi connectivity index (χ4v) is 2.14. The van der Waals surface area contributed by atoms with Crippen LogP contribution in [-0.2, 0) is 5.33 Å². The first-order valence-corrected chi connectivity index (χ1v) is 7.56. The monoisotopic (exact) mass is 301 g/mol. The van der Waals surface area contributed by atoms with Crippen LogP contribution in [0.2, 0.25) is 0 Å². The number of benzene rings is 1. The van der Waals surface area contributed by atoms with E-state index in [1.54, 1.807) is 0 Å². The largest absolute Gasteiger partial charge is 0.351 e. The number of hydrogen-bond acceptors (Lipinski definition) is 2. The molecule has 0 aliphatic rings. The fraction of sp³-hybridized carbons (Fsp3) is 0.417. The summed E-state index contributed by atoms with van der Waals surface area (Å²) in [5, 5.41) is 3.72. The molecule has 88 valence electrons. The van der Waals surface area contributed by atoms with Crippen LogP contribution >= 0.6 is 27.7 Å². The van der Waals surface area contributed by atoms with Gasteiger partial charge in [0.05, 0.1) is 0 Å². The number of thioether (sulfide) groups is 1. The summed E-state index contributed by atoms with van der Waals surface area (Å²) in [4.78, 5) is 11.7. The molecular formula is C12H16BrNOS. The van der Waals surface area contributed by atoms with Crippen molar-refractivity contribution in [1.82, 2.24) is 5.32 Å². The van der Waals surface area contributed by atoms with E-state index in [2.05, 4.69) is 28.2 Å². The molecule has 0 saturated heterocycles. The topological polar surface area (TPSA) is 29.1 Å². The summed E-state index contributed by atoms with van der Waals surface area (Å²) in [5.41, 5.74) is 1.91. The smallest absolute Gasteiger partial charge is 0.251 e. The van der Waals surface area contributed by atoms with Gasteiger partial charge in [-0.15, -0.1) is 0 Å². The van der Waals surface area contributed by atoms with E-state index in [1.165, 1.54) is 5.56 Å². The third-order valence-electron chi connectivity index (χ3n) is 2.11. The van der Waals surface area contributed by atoms with Crippen LogP contribution in [0.15, 0.2) is 24.3 Å². The predicted molar refractivity (Wildman–Crippen MR) is 74.4 cm³/mol. The van der Waals surface area contributed by atoms with Crippen LogP contribution in [0.3, 0.4) is 0 Å². The summed E-state index contributed by atoms with van der Waals surface area (Å²) >= 11 is 5.21. The number of halogens is 1. The molecule has 0 fully saturated rings. The average molecular weight is 302 g/mol. The summed E-state index contributed by atoms with van der Waals surface area (Å²) in [6.45, 7) is 2.85. The Hall–Kier alpha value is -0.480. The summed E-state index contributed by atoms with van der Waals surface area (Å²) in [5.74, 6) is 2.08. The van der Waals surface area contributed by atoms with Gasteiger partial charge in [0.15, 0.2) is 0 Å². The maximum atomic E-state index is 11.7. The zero-order chi connectivity index (χ0) is 11.8. The van der Waals surface area contributed by atoms with Gasteiger partial charge in [-0.05, 0) is 23.4 Å². The number of nitrogens with one attached hydrogen (secondary N) is 1. The Morgan fingerprint density at radius 1 is 1.38 bits per heavy atom. The lowest BCUT2D eigenvalue weighted by Gasteiger charge is -2.05. The van der Waals surface area contributed by atoms with Gasteiger partial charge in [0, 0.05) is 23.2 Å². The highest BCUT2D eigenvalue weighted by Gasteiger charge is 2.03. The van der Waals surface area contributed by atoms with Gasteiger partial charge in [0.25, 0.3) is 5.91 Å². The molecule has 0 aliphatic heterocycles. The van der Waals surface area contributed by atoms with E-state index < -0.39 is 0 Å². The Bertz CT molecular complexity index is 326. The lowest BCUT2D eigenvalue weighted by molar-refractivity contribution is 0.0956. The van der Waals surface area contributed by atoms with Gasteiger partial charge < -0.3 is 5.32 Å². The average Bonchev–Trinajstić information content (AvgIpc) is 2.34. The van der Waals surface area contributed by atoms with Gasteiger partial charge in [0.1, 0.15) is 0 Å². The molecule has 1 rings (SSSR count). The minimum atomic E-state index is 0.0119. The highest BCUT2D eigenvalue weighted by atomic mass is 79.9. The number of rotatable bonds is 6. The van der Waals surface area contributed by atoms with Crippen LogP contribution in [0.1, 0.15) is 22.8 Å². The van der Waals surface area contributed by atoms with Crippen molar-refractivity contribution in [2.45, 2.75) is 12.3 Å². The molecule has 0 aliphatic carbocycles. The zero-order valence-electron chi connectivity index (χ0n) is 9.33. The molecule has 0 atom stereocenters. The van der Waals surface area contributed by atoms with E-state index in [-0.39, 0.29) is 5.91 Å². The summed E-state index contributed by atoms with van der Waals surface area (Å²) in [6, 6.07) is 7.65. The van der Waals surface area contributed by atoms with Crippen LogP contribution < -0.4 is 5.32 Å². The van der Waals surface area contributed by atoms with Crippen LogP contribution in [-0.4, -0.2) is 24.0 Å². The molecule has 0 aromatic heterocycles. The first-order valence-electron chi connectivity index (χ1n) is 5.28. The summed E-state index contributed by atoms with van der Waals surface area (Å²) < 4.78 is 0. The molecule has 1 N–H and O–H groups in total. The van der Waals surface area contributed by atoms with E-state index in [9.17, 15) is 4.79 Å². The minimum Gasteiger partial charge on any atom is -0.351 e. The second-order valence-electron chi connectivity index (χ2n) is 3.28. The molecule has 0 bridgehead atoms. The maximum Gasteiger partial charge on any atom is 0.251 e. The second-order valence-corrected chi connectivity index (χ2v) is 5.24. The molecule has 4 heteroatoms. The molecule has 0 spiro atoms. The number of hydrogen-bond donors (Lipinski definition) is 1. The SMILES string of the molecule is CCSCCNC(=O)c1ccc(CBr)cc1. The molecule has 0 saturated carbocycles. The van der Waals surface area contributed by atoms with Gasteiger partial charge in [0.2, 0.25) is 0 Å². The van der Waals surface area contributed by atoms with Gasteiger partial charge >= 0.3 is 0 Å². The van der Waals surface area contributed by atoms with E-state index in [1.807, 2.05) is 36.0 Å². The van der Waals surface area contributed by atoms with Crippen LogP contribution in [0.4, 0.5) is 0 Å². The van der Waals surface area contributed by atoms with Crippen molar-refractivity contribution in [2.24, 2.45) is 0 Å². The molecule has 2 nitrogen and oxygen atoms in total. The number of amides is 1. The Morgan fingerprint density at radius 3 is 2.62 bits per heavy atom. The minimum absolute atomic E-state index is 0.0119. The quantitative estimate of drug-likeness (QED) is 0.646. The van der Waals surface area contributed by atoms with Gasteiger partial charge in [-0.2, -0.15) is 11.8 Å². The van der Waals surface area contributed by atoms with Crippen molar-refractivity contribution in [2.75, 3.05) is 18.1 Å². The van der Waals surface area contributed by atoms with Crippen molar-refractivity contribution in [3.8, 4) is 0 Å². The van der Waals surface area contributed by atoms with Crippen LogP contribution in [0.25, 0.3) is 0 Å². The number of carbonyl (C=O) groups excluding carboxylic acids is 1. The fourth-order valence-electron chi connectivity index (χ4n) is 1.23. The molecular weight excluding hydrogens is 286 g/mol. The van der Waals surface area contributed by atoms with Crippen molar-refractivity contribution < 1.29 is 4.79 Å². The summed E-state index contributed by atoms with van der Waals surface area (Å²) in [7, 11) is 0. The van der Waals surface area contributed by atoms with Crippen LogP contribution in [0.5, 0.6) is 0 Å². The molecule has 1 amide bonds. The zero-order valence-corrected chi connectivity index (χ0v) is 11.7. The van der Waals surface area contributed by atoms with E-state index in [4.69, 9.17) is 0 Å². The highest BCUT2D eigenvalue weighted by Crippen LogP contribution is 2.07. The lowest BCUT2D eigenvalue weighted by atomic mass is 10.1. The Morgan fingerprint density at radius 2 is 2.06 bits per heavy atom. The Kier molecular flexibility index (Phi) is 6.57. The first-order chi connectivity index (χ1) is 7.77. The molecule has 1 aromatic rings. The number of alkyl halides is 1. The van der Waals surface area contributed by atoms with E-state index in [0.29, 0.717) is 0 Å². The van der Waals surface area contributed by atoms with Crippen LogP contribution in [0, 0.1) is 0 Å². The first kappa shape index (κ1) is 13.6. The second kappa shape index (κ2) is 7.74. The lowest BCUT2D eigenvalue weighted by Crippen LogP contribution is -2.25.